The molecule has 1 aliphatic heterocycles. The molecule has 0 aliphatic carbocycles. The lowest BCUT2D eigenvalue weighted by molar-refractivity contribution is -0.316. The molecule has 1 heterocycles. The van der Waals surface area contributed by atoms with E-state index in [0.29, 0.717) is 11.4 Å². The molecule has 12 nitrogen and oxygen atoms in total. The van der Waals surface area contributed by atoms with Gasteiger partial charge in [-0.25, -0.2) is 0 Å². The number of benzene rings is 2. The van der Waals surface area contributed by atoms with Crippen molar-refractivity contribution in [2.75, 3.05) is 24.1 Å². The van der Waals surface area contributed by atoms with Gasteiger partial charge in [0.15, 0.2) is 6.29 Å². The van der Waals surface area contributed by atoms with E-state index in [0.717, 1.165) is 5.69 Å². The van der Waals surface area contributed by atoms with Crippen molar-refractivity contribution in [3.05, 3.63) is 60.7 Å². The van der Waals surface area contributed by atoms with Crippen LogP contribution in [-0.2, 0) is 9.47 Å². The molecule has 1 fully saturated rings. The number of nitrogens with one attached hydrogen (secondary N) is 2. The standard InChI is InChI=1S/C24H32N4O8/c29-13-18(31)19(35-24-23(34)22(33)21(32)20(14-30)36-24)11-17(28-27-16-9-5-2-6-10-16)12-25-26-15-7-3-1-4-8-15/h1-10,12,18-24,26-27,29-34H,11,13-14H2/b25-12+,28-17+/t18-,19+,20-,21-,22+,23-,24+/m1/s1. The highest BCUT2D eigenvalue weighted by Crippen LogP contribution is 2.24. The minimum atomic E-state index is -1.67. The Labute approximate surface area is 208 Å². The first-order valence-corrected chi connectivity index (χ1v) is 11.4. The molecule has 1 saturated heterocycles. The highest BCUT2D eigenvalue weighted by Gasteiger charge is 2.45. The molecule has 0 unspecified atom stereocenters. The van der Waals surface area contributed by atoms with Crippen LogP contribution in [0.3, 0.4) is 0 Å². The monoisotopic (exact) mass is 504 g/mol. The molecule has 3 rings (SSSR count). The molecular formula is C24H32N4O8. The van der Waals surface area contributed by atoms with Gasteiger partial charge in [-0.1, -0.05) is 36.4 Å². The zero-order valence-corrected chi connectivity index (χ0v) is 19.4. The molecule has 0 amide bonds. The number of hydrazone groups is 2. The third-order valence-corrected chi connectivity index (χ3v) is 5.47. The molecule has 1 aliphatic rings. The van der Waals surface area contributed by atoms with Crippen molar-refractivity contribution in [1.29, 1.82) is 0 Å². The van der Waals surface area contributed by atoms with Crippen molar-refractivity contribution in [3.8, 4) is 0 Å². The van der Waals surface area contributed by atoms with Crippen LogP contribution in [0.2, 0.25) is 0 Å². The molecule has 0 spiro atoms. The predicted molar refractivity (Wildman–Crippen MR) is 132 cm³/mol. The molecule has 196 valence electrons. The summed E-state index contributed by atoms with van der Waals surface area (Å²) in [4.78, 5) is 0. The van der Waals surface area contributed by atoms with Gasteiger partial charge in [-0.2, -0.15) is 10.2 Å². The Morgan fingerprint density at radius 1 is 0.917 bits per heavy atom. The first kappa shape index (κ1) is 27.6. The zero-order valence-electron chi connectivity index (χ0n) is 19.4. The van der Waals surface area contributed by atoms with Crippen molar-refractivity contribution in [3.63, 3.8) is 0 Å². The molecule has 8 N–H and O–H groups in total. The second-order valence-electron chi connectivity index (χ2n) is 8.14. The Bertz CT molecular complexity index is 963. The summed E-state index contributed by atoms with van der Waals surface area (Å²) in [5.74, 6) is 0. The average Bonchev–Trinajstić information content (AvgIpc) is 2.91. The molecule has 0 bridgehead atoms. The fourth-order valence-corrected chi connectivity index (χ4v) is 3.42. The van der Waals surface area contributed by atoms with Gasteiger partial charge in [0, 0.05) is 6.42 Å². The number of para-hydroxylation sites is 2. The van der Waals surface area contributed by atoms with E-state index in [4.69, 9.17) is 9.47 Å². The van der Waals surface area contributed by atoms with E-state index in [-0.39, 0.29) is 6.42 Å². The maximum Gasteiger partial charge on any atom is 0.187 e. The fourth-order valence-electron chi connectivity index (χ4n) is 3.42. The van der Waals surface area contributed by atoms with Gasteiger partial charge in [0.2, 0.25) is 0 Å². The minimum Gasteiger partial charge on any atom is -0.394 e. The largest absolute Gasteiger partial charge is 0.394 e. The third kappa shape index (κ3) is 7.78. The van der Waals surface area contributed by atoms with Crippen molar-refractivity contribution in [2.45, 2.75) is 49.3 Å². The lowest BCUT2D eigenvalue weighted by atomic mass is 9.99. The summed E-state index contributed by atoms with van der Waals surface area (Å²) in [5.41, 5.74) is 7.45. The Morgan fingerprint density at radius 2 is 1.53 bits per heavy atom. The maximum atomic E-state index is 10.4. The van der Waals surface area contributed by atoms with Gasteiger partial charge < -0.3 is 40.1 Å². The van der Waals surface area contributed by atoms with Crippen LogP contribution in [0.4, 0.5) is 11.4 Å². The Hall–Kier alpha value is -2.94. The van der Waals surface area contributed by atoms with Crippen molar-refractivity contribution in [2.24, 2.45) is 10.2 Å². The van der Waals surface area contributed by atoms with E-state index in [1.165, 1.54) is 6.21 Å². The van der Waals surface area contributed by atoms with E-state index in [2.05, 4.69) is 21.1 Å². The van der Waals surface area contributed by atoms with E-state index < -0.39 is 56.1 Å². The summed E-state index contributed by atoms with van der Waals surface area (Å²) in [6.07, 6.45) is -8.88. The number of hydrogen-bond acceptors (Lipinski definition) is 12. The molecule has 7 atom stereocenters. The highest BCUT2D eigenvalue weighted by atomic mass is 16.7. The lowest BCUT2D eigenvalue weighted by Gasteiger charge is -2.41. The molecule has 12 heteroatoms. The van der Waals surface area contributed by atoms with Gasteiger partial charge in [0.25, 0.3) is 0 Å². The summed E-state index contributed by atoms with van der Waals surface area (Å²) < 4.78 is 11.1. The molecular weight excluding hydrogens is 472 g/mol. The van der Waals surface area contributed by atoms with E-state index in [9.17, 15) is 30.6 Å². The quantitative estimate of drug-likeness (QED) is 0.138. The smallest absolute Gasteiger partial charge is 0.187 e. The van der Waals surface area contributed by atoms with Crippen LogP contribution in [0.5, 0.6) is 0 Å². The first-order valence-electron chi connectivity index (χ1n) is 11.4. The molecule has 0 radical (unpaired) electrons. The Morgan fingerprint density at radius 3 is 2.11 bits per heavy atom. The van der Waals surface area contributed by atoms with Crippen LogP contribution >= 0.6 is 0 Å². The first-order chi connectivity index (χ1) is 17.4. The van der Waals surface area contributed by atoms with E-state index in [1.54, 1.807) is 12.1 Å². The number of hydrogen-bond donors (Lipinski definition) is 8. The van der Waals surface area contributed by atoms with Crippen LogP contribution in [0.1, 0.15) is 6.42 Å². The van der Waals surface area contributed by atoms with Crippen molar-refractivity contribution < 1.29 is 40.1 Å². The second-order valence-corrected chi connectivity index (χ2v) is 8.14. The van der Waals surface area contributed by atoms with Gasteiger partial charge in [-0.15, -0.1) is 0 Å². The van der Waals surface area contributed by atoms with Crippen LogP contribution in [0.15, 0.2) is 70.9 Å². The second kappa shape index (κ2) is 14.0. The van der Waals surface area contributed by atoms with Gasteiger partial charge in [0.05, 0.1) is 42.6 Å². The van der Waals surface area contributed by atoms with Crippen molar-refractivity contribution >= 4 is 23.3 Å². The predicted octanol–water partition coefficient (Wildman–Crippen LogP) is -0.519. The molecule has 2 aromatic rings. The number of rotatable bonds is 12. The number of anilines is 2. The van der Waals surface area contributed by atoms with Crippen LogP contribution in [0, 0.1) is 0 Å². The lowest BCUT2D eigenvalue weighted by Crippen LogP contribution is -2.60. The van der Waals surface area contributed by atoms with Gasteiger partial charge in [-0.3, -0.25) is 10.9 Å². The number of nitrogens with zero attached hydrogens (tertiary/aromatic N) is 2. The van der Waals surface area contributed by atoms with Crippen LogP contribution in [-0.4, -0.2) is 98.7 Å². The summed E-state index contributed by atoms with van der Waals surface area (Å²) in [6, 6.07) is 18.3. The van der Waals surface area contributed by atoms with Crippen molar-refractivity contribution in [1.82, 2.24) is 0 Å². The fraction of sp³-hybridized carbons (Fsp3) is 0.417. The molecule has 2 aromatic carbocycles. The van der Waals surface area contributed by atoms with Gasteiger partial charge >= 0.3 is 0 Å². The van der Waals surface area contributed by atoms with E-state index in [1.807, 2.05) is 48.5 Å². The van der Waals surface area contributed by atoms with Gasteiger partial charge in [0.1, 0.15) is 30.5 Å². The summed E-state index contributed by atoms with van der Waals surface area (Å²) in [6.45, 7) is -1.32. The van der Waals surface area contributed by atoms with Crippen LogP contribution in [0.25, 0.3) is 0 Å². The van der Waals surface area contributed by atoms with Crippen LogP contribution < -0.4 is 10.9 Å². The Balaban J connectivity index is 1.78. The number of aliphatic hydroxyl groups is 6. The average molecular weight is 505 g/mol. The zero-order chi connectivity index (χ0) is 25.9. The SMILES string of the molecule is OC[C@@H](O)[C@H](CC(/C=N/Nc1ccccc1)=N\Nc1ccccc1)O[C@H]1O[C@H](CO)[C@@H](O)[C@H](O)[C@H]1O. The summed E-state index contributed by atoms with van der Waals surface area (Å²) in [5, 5.41) is 68.2. The number of ether oxygens (including phenoxy) is 2. The van der Waals surface area contributed by atoms with Gasteiger partial charge in [-0.05, 0) is 24.3 Å². The normalized spacial score (nSPS) is 26.5. The Kier molecular flexibility index (Phi) is 10.7. The third-order valence-electron chi connectivity index (χ3n) is 5.47. The van der Waals surface area contributed by atoms with E-state index >= 15 is 0 Å². The summed E-state index contributed by atoms with van der Waals surface area (Å²) in [7, 11) is 0. The molecule has 0 saturated carbocycles. The highest BCUT2D eigenvalue weighted by molar-refractivity contribution is 6.31. The number of aliphatic hydroxyl groups excluding tert-OH is 6. The summed E-state index contributed by atoms with van der Waals surface area (Å²) >= 11 is 0. The topological polar surface area (TPSA) is 189 Å². The maximum absolute atomic E-state index is 10.4. The minimum absolute atomic E-state index is 0.101. The molecule has 36 heavy (non-hydrogen) atoms. The molecule has 0 aromatic heterocycles.